The van der Waals surface area contributed by atoms with Gasteiger partial charge in [0, 0.05) is 19.5 Å². The highest BCUT2D eigenvalue weighted by Crippen LogP contribution is 2.23. The van der Waals surface area contributed by atoms with Gasteiger partial charge in [0.2, 0.25) is 0 Å². The molecule has 1 saturated heterocycles. The van der Waals surface area contributed by atoms with Crippen molar-refractivity contribution >= 4 is 11.0 Å². The van der Waals surface area contributed by atoms with Crippen molar-refractivity contribution in [1.82, 2.24) is 14.5 Å². The van der Waals surface area contributed by atoms with Gasteiger partial charge in [-0.25, -0.2) is 4.98 Å². The molecule has 3 aromatic rings. The molecule has 1 fully saturated rings. The number of rotatable bonds is 6. The van der Waals surface area contributed by atoms with E-state index in [0.29, 0.717) is 0 Å². The van der Waals surface area contributed by atoms with Crippen LogP contribution in [0.3, 0.4) is 0 Å². The first-order valence-electron chi connectivity index (χ1n) is 9.96. The molecule has 1 atom stereocenters. The maximum Gasteiger partial charge on any atom is 0.114 e. The van der Waals surface area contributed by atoms with Gasteiger partial charge in [-0.2, -0.15) is 0 Å². The van der Waals surface area contributed by atoms with E-state index in [-0.39, 0.29) is 0 Å². The minimum absolute atomic E-state index is 0.862. The molecular formula is C23H29N3. The molecule has 0 aliphatic carbocycles. The van der Waals surface area contributed by atoms with Crippen LogP contribution in [-0.4, -0.2) is 34.6 Å². The van der Waals surface area contributed by atoms with E-state index in [1.165, 1.54) is 55.7 Å². The third-order valence-corrected chi connectivity index (χ3v) is 5.65. The van der Waals surface area contributed by atoms with Crippen LogP contribution in [0.4, 0.5) is 0 Å². The fraction of sp³-hybridized carbons (Fsp3) is 0.435. The first kappa shape index (κ1) is 17.3. The van der Waals surface area contributed by atoms with E-state index in [0.717, 1.165) is 24.4 Å². The highest BCUT2D eigenvalue weighted by Gasteiger charge is 2.17. The number of nitrogens with zero attached hydrogens (tertiary/aromatic N) is 3. The highest BCUT2D eigenvalue weighted by atomic mass is 15.1. The third-order valence-electron chi connectivity index (χ3n) is 5.65. The van der Waals surface area contributed by atoms with Crippen LogP contribution >= 0.6 is 0 Å². The van der Waals surface area contributed by atoms with Gasteiger partial charge in [0.05, 0.1) is 11.0 Å². The Morgan fingerprint density at radius 2 is 1.85 bits per heavy atom. The number of hydrogen-bond donors (Lipinski definition) is 0. The summed E-state index contributed by atoms with van der Waals surface area (Å²) in [7, 11) is 2.26. The molecular weight excluding hydrogens is 318 g/mol. The summed E-state index contributed by atoms with van der Waals surface area (Å²) in [4.78, 5) is 7.43. The Morgan fingerprint density at radius 1 is 1.04 bits per heavy atom. The number of piperidine rings is 1. The lowest BCUT2D eigenvalue weighted by molar-refractivity contribution is 0.198. The molecule has 0 radical (unpaired) electrons. The highest BCUT2D eigenvalue weighted by molar-refractivity contribution is 5.76. The first-order valence-corrected chi connectivity index (χ1v) is 9.96. The normalized spacial score (nSPS) is 18.4. The van der Waals surface area contributed by atoms with E-state index >= 15 is 0 Å². The predicted molar refractivity (Wildman–Crippen MR) is 108 cm³/mol. The SMILES string of the molecule is CN1CCCC(CCCn2c(Cc3ccccc3)nc3ccccc32)C1. The van der Waals surface area contributed by atoms with E-state index in [1.807, 2.05) is 0 Å². The summed E-state index contributed by atoms with van der Waals surface area (Å²) in [5.41, 5.74) is 3.73. The van der Waals surface area contributed by atoms with Crippen LogP contribution in [0.25, 0.3) is 11.0 Å². The Balaban J connectivity index is 1.50. The van der Waals surface area contributed by atoms with Crippen LogP contribution in [0.15, 0.2) is 54.6 Å². The topological polar surface area (TPSA) is 21.1 Å². The van der Waals surface area contributed by atoms with E-state index in [9.17, 15) is 0 Å². The molecule has 4 rings (SSSR count). The number of aryl methyl sites for hydroxylation is 1. The Kier molecular flexibility index (Phi) is 5.35. The third kappa shape index (κ3) is 3.99. The van der Waals surface area contributed by atoms with Gasteiger partial charge < -0.3 is 9.47 Å². The second-order valence-corrected chi connectivity index (χ2v) is 7.74. The van der Waals surface area contributed by atoms with Crippen LogP contribution < -0.4 is 0 Å². The monoisotopic (exact) mass is 347 g/mol. The average molecular weight is 348 g/mol. The average Bonchev–Trinajstić information content (AvgIpc) is 3.00. The summed E-state index contributed by atoms with van der Waals surface area (Å²) in [6.07, 6.45) is 6.21. The fourth-order valence-corrected chi connectivity index (χ4v) is 4.34. The molecule has 136 valence electrons. The van der Waals surface area contributed by atoms with Crippen molar-refractivity contribution < 1.29 is 0 Å². The van der Waals surface area contributed by atoms with Crippen LogP contribution in [0, 0.1) is 5.92 Å². The lowest BCUT2D eigenvalue weighted by Gasteiger charge is -2.29. The zero-order chi connectivity index (χ0) is 17.8. The minimum Gasteiger partial charge on any atom is -0.328 e. The van der Waals surface area contributed by atoms with E-state index in [4.69, 9.17) is 4.98 Å². The molecule has 26 heavy (non-hydrogen) atoms. The van der Waals surface area contributed by atoms with Crippen molar-refractivity contribution in [3.8, 4) is 0 Å². The number of benzene rings is 2. The molecule has 1 aromatic heterocycles. The molecule has 2 heterocycles. The summed E-state index contributed by atoms with van der Waals surface area (Å²) in [5.74, 6) is 2.05. The molecule has 1 unspecified atom stereocenters. The lowest BCUT2D eigenvalue weighted by atomic mass is 9.94. The summed E-state index contributed by atoms with van der Waals surface area (Å²) in [5, 5.41) is 0. The first-order chi connectivity index (χ1) is 12.8. The number of likely N-dealkylation sites (tertiary alicyclic amines) is 1. The Morgan fingerprint density at radius 3 is 2.69 bits per heavy atom. The molecule has 0 spiro atoms. The Hall–Kier alpha value is -2.13. The van der Waals surface area contributed by atoms with Crippen LogP contribution in [0.2, 0.25) is 0 Å². The largest absolute Gasteiger partial charge is 0.328 e. The van der Waals surface area contributed by atoms with E-state index in [2.05, 4.69) is 71.1 Å². The molecule has 3 heteroatoms. The Labute approximate surface area is 156 Å². The van der Waals surface area contributed by atoms with Gasteiger partial charge in [-0.1, -0.05) is 42.5 Å². The van der Waals surface area contributed by atoms with Gasteiger partial charge in [-0.05, 0) is 62.9 Å². The minimum atomic E-state index is 0.862. The number of hydrogen-bond acceptors (Lipinski definition) is 2. The summed E-state index contributed by atoms with van der Waals surface area (Å²) in [6.45, 7) is 3.61. The molecule has 0 saturated carbocycles. The molecule has 1 aliphatic heterocycles. The summed E-state index contributed by atoms with van der Waals surface area (Å²) >= 11 is 0. The molecule has 1 aliphatic rings. The summed E-state index contributed by atoms with van der Waals surface area (Å²) < 4.78 is 2.45. The predicted octanol–water partition coefficient (Wildman–Crippen LogP) is 4.75. The summed E-state index contributed by atoms with van der Waals surface area (Å²) in [6, 6.07) is 19.3. The van der Waals surface area contributed by atoms with Crippen LogP contribution in [-0.2, 0) is 13.0 Å². The number of aromatic nitrogens is 2. The Bertz CT molecular complexity index is 837. The van der Waals surface area contributed by atoms with Gasteiger partial charge in [0.15, 0.2) is 0 Å². The van der Waals surface area contributed by atoms with Crippen molar-refractivity contribution in [2.24, 2.45) is 5.92 Å². The molecule has 0 amide bonds. The van der Waals surface area contributed by atoms with Crippen molar-refractivity contribution in [3.05, 3.63) is 66.0 Å². The van der Waals surface area contributed by atoms with Gasteiger partial charge >= 0.3 is 0 Å². The van der Waals surface area contributed by atoms with Gasteiger partial charge in [0.25, 0.3) is 0 Å². The standard InChI is InChI=1S/C23H29N3/c1-25-15-7-11-20(18-25)12-8-16-26-22-14-6-5-13-21(22)24-23(26)17-19-9-3-2-4-10-19/h2-6,9-10,13-14,20H,7-8,11-12,15-18H2,1H3. The van der Waals surface area contributed by atoms with Crippen LogP contribution in [0.5, 0.6) is 0 Å². The quantitative estimate of drug-likeness (QED) is 0.642. The van der Waals surface area contributed by atoms with Crippen molar-refractivity contribution in [2.45, 2.75) is 38.6 Å². The zero-order valence-electron chi connectivity index (χ0n) is 15.8. The van der Waals surface area contributed by atoms with Gasteiger partial charge in [-0.15, -0.1) is 0 Å². The second kappa shape index (κ2) is 8.05. The van der Waals surface area contributed by atoms with Crippen molar-refractivity contribution in [3.63, 3.8) is 0 Å². The van der Waals surface area contributed by atoms with Crippen LogP contribution in [0.1, 0.15) is 37.1 Å². The maximum absolute atomic E-state index is 4.94. The smallest absolute Gasteiger partial charge is 0.114 e. The molecule has 0 N–H and O–H groups in total. The number of imidazole rings is 1. The van der Waals surface area contributed by atoms with Gasteiger partial charge in [0.1, 0.15) is 5.82 Å². The van der Waals surface area contributed by atoms with Crippen molar-refractivity contribution in [2.75, 3.05) is 20.1 Å². The zero-order valence-corrected chi connectivity index (χ0v) is 15.8. The molecule has 2 aromatic carbocycles. The molecule has 0 bridgehead atoms. The van der Waals surface area contributed by atoms with Crippen molar-refractivity contribution in [1.29, 1.82) is 0 Å². The fourth-order valence-electron chi connectivity index (χ4n) is 4.34. The van der Waals surface area contributed by atoms with E-state index in [1.54, 1.807) is 0 Å². The molecule has 3 nitrogen and oxygen atoms in total. The number of fused-ring (bicyclic) bond motifs is 1. The van der Waals surface area contributed by atoms with Gasteiger partial charge in [-0.3, -0.25) is 0 Å². The lowest BCUT2D eigenvalue weighted by Crippen LogP contribution is -2.32. The second-order valence-electron chi connectivity index (χ2n) is 7.74. The number of para-hydroxylation sites is 2. The van der Waals surface area contributed by atoms with E-state index < -0.39 is 0 Å². The maximum atomic E-state index is 4.94.